The molecule has 1 unspecified atom stereocenters. The standard InChI is InChI=1S/C18H20O5/c1-4-9-18(17(20)21,23-12(2)19)15-7-5-14-11-16(22-3)8-6-13(14)10-15/h5-8,10-11H,4,9H2,1-3H3,(H,20,21). The van der Waals surface area contributed by atoms with Crippen molar-refractivity contribution >= 4 is 22.7 Å². The predicted octanol–water partition coefficient (Wildman–Crippen LogP) is 3.49. The number of carboxylic acid groups (broad SMARTS) is 1. The fourth-order valence-corrected chi connectivity index (χ4v) is 2.73. The van der Waals surface area contributed by atoms with Gasteiger partial charge in [-0.15, -0.1) is 0 Å². The van der Waals surface area contributed by atoms with Crippen molar-refractivity contribution in [3.05, 3.63) is 42.0 Å². The van der Waals surface area contributed by atoms with Crippen LogP contribution in [0.15, 0.2) is 36.4 Å². The largest absolute Gasteiger partial charge is 0.497 e. The normalized spacial score (nSPS) is 13.3. The van der Waals surface area contributed by atoms with Crippen LogP contribution in [0.5, 0.6) is 5.75 Å². The van der Waals surface area contributed by atoms with Crippen LogP contribution in [0.3, 0.4) is 0 Å². The lowest BCUT2D eigenvalue weighted by Crippen LogP contribution is -2.40. The van der Waals surface area contributed by atoms with E-state index in [1.165, 1.54) is 6.92 Å². The van der Waals surface area contributed by atoms with E-state index in [2.05, 4.69) is 0 Å². The molecule has 0 radical (unpaired) electrons. The molecule has 2 aromatic carbocycles. The molecule has 1 atom stereocenters. The Kier molecular flexibility index (Phi) is 4.89. The molecule has 0 heterocycles. The fraction of sp³-hybridized carbons (Fsp3) is 0.333. The van der Waals surface area contributed by atoms with E-state index in [1.807, 2.05) is 25.1 Å². The molecule has 0 saturated carbocycles. The predicted molar refractivity (Wildman–Crippen MR) is 86.5 cm³/mol. The van der Waals surface area contributed by atoms with Crippen LogP contribution in [0.2, 0.25) is 0 Å². The molecule has 2 aromatic rings. The van der Waals surface area contributed by atoms with Gasteiger partial charge in [0, 0.05) is 18.9 Å². The van der Waals surface area contributed by atoms with Crippen LogP contribution in [0.1, 0.15) is 32.3 Å². The van der Waals surface area contributed by atoms with Crippen LogP contribution in [-0.4, -0.2) is 24.2 Å². The maximum Gasteiger partial charge on any atom is 0.352 e. The van der Waals surface area contributed by atoms with Crippen LogP contribution in [0, 0.1) is 0 Å². The SMILES string of the molecule is CCCC(OC(C)=O)(C(=O)O)c1ccc2cc(OC)ccc2c1. The Labute approximate surface area is 134 Å². The maximum atomic E-state index is 11.9. The number of benzene rings is 2. The first-order valence-electron chi connectivity index (χ1n) is 7.44. The molecule has 0 amide bonds. The Morgan fingerprint density at radius 3 is 2.35 bits per heavy atom. The molecular weight excluding hydrogens is 296 g/mol. The van der Waals surface area contributed by atoms with Gasteiger partial charge in [0.05, 0.1) is 7.11 Å². The van der Waals surface area contributed by atoms with Gasteiger partial charge in [0.25, 0.3) is 0 Å². The monoisotopic (exact) mass is 316 g/mol. The summed E-state index contributed by atoms with van der Waals surface area (Å²) in [5.74, 6) is -1.05. The molecule has 1 N–H and O–H groups in total. The lowest BCUT2D eigenvalue weighted by atomic mass is 9.87. The minimum Gasteiger partial charge on any atom is -0.497 e. The molecule has 0 aliphatic carbocycles. The topological polar surface area (TPSA) is 72.8 Å². The van der Waals surface area contributed by atoms with Crippen molar-refractivity contribution in [1.82, 2.24) is 0 Å². The quantitative estimate of drug-likeness (QED) is 0.826. The zero-order valence-electron chi connectivity index (χ0n) is 13.5. The Hall–Kier alpha value is -2.56. The first-order chi connectivity index (χ1) is 10.9. The third-order valence-corrected chi connectivity index (χ3v) is 3.78. The second-order valence-corrected chi connectivity index (χ2v) is 5.40. The third-order valence-electron chi connectivity index (χ3n) is 3.78. The fourth-order valence-electron chi connectivity index (χ4n) is 2.73. The van der Waals surface area contributed by atoms with Gasteiger partial charge >= 0.3 is 11.9 Å². The number of methoxy groups -OCH3 is 1. The average Bonchev–Trinajstić information content (AvgIpc) is 2.52. The third kappa shape index (κ3) is 3.28. The van der Waals surface area contributed by atoms with Gasteiger partial charge < -0.3 is 14.6 Å². The molecule has 0 spiro atoms. The molecule has 122 valence electrons. The Morgan fingerprint density at radius 1 is 1.13 bits per heavy atom. The summed E-state index contributed by atoms with van der Waals surface area (Å²) in [4.78, 5) is 23.3. The van der Waals surface area contributed by atoms with Crippen molar-refractivity contribution in [2.75, 3.05) is 7.11 Å². The molecular formula is C18H20O5. The van der Waals surface area contributed by atoms with Crippen LogP contribution in [0.4, 0.5) is 0 Å². The first kappa shape index (κ1) is 16.8. The smallest absolute Gasteiger partial charge is 0.352 e. The van der Waals surface area contributed by atoms with Gasteiger partial charge in [-0.2, -0.15) is 0 Å². The Balaban J connectivity index is 2.59. The van der Waals surface area contributed by atoms with Crippen molar-refractivity contribution in [2.45, 2.75) is 32.3 Å². The molecule has 0 aliphatic rings. The van der Waals surface area contributed by atoms with E-state index < -0.39 is 17.5 Å². The van der Waals surface area contributed by atoms with E-state index in [9.17, 15) is 14.7 Å². The van der Waals surface area contributed by atoms with Crippen molar-refractivity contribution in [3.63, 3.8) is 0 Å². The summed E-state index contributed by atoms with van der Waals surface area (Å²) < 4.78 is 10.4. The lowest BCUT2D eigenvalue weighted by Gasteiger charge is -2.29. The number of aliphatic carboxylic acids is 1. The van der Waals surface area contributed by atoms with Gasteiger partial charge in [-0.05, 0) is 29.0 Å². The number of hydrogen-bond donors (Lipinski definition) is 1. The van der Waals surface area contributed by atoms with Crippen LogP contribution in [-0.2, 0) is 19.9 Å². The summed E-state index contributed by atoms with van der Waals surface area (Å²) in [6, 6.07) is 10.8. The highest BCUT2D eigenvalue weighted by Gasteiger charge is 2.43. The molecule has 0 aliphatic heterocycles. The zero-order chi connectivity index (χ0) is 17.0. The summed E-state index contributed by atoms with van der Waals surface area (Å²) in [6.45, 7) is 3.08. The highest BCUT2D eigenvalue weighted by Crippen LogP contribution is 2.34. The van der Waals surface area contributed by atoms with E-state index >= 15 is 0 Å². The first-order valence-corrected chi connectivity index (χ1v) is 7.44. The summed E-state index contributed by atoms with van der Waals surface area (Å²) in [6.07, 6.45) is 0.782. The molecule has 0 saturated heterocycles. The van der Waals surface area contributed by atoms with Gasteiger partial charge in [-0.25, -0.2) is 4.79 Å². The van der Waals surface area contributed by atoms with Gasteiger partial charge in [-0.1, -0.05) is 31.5 Å². The van der Waals surface area contributed by atoms with E-state index in [0.717, 1.165) is 16.5 Å². The average molecular weight is 316 g/mol. The molecule has 0 fully saturated rings. The molecule has 5 heteroatoms. The number of esters is 1. The second kappa shape index (κ2) is 6.69. The van der Waals surface area contributed by atoms with Gasteiger partial charge in [0.2, 0.25) is 5.60 Å². The number of carbonyl (C=O) groups excluding carboxylic acids is 1. The second-order valence-electron chi connectivity index (χ2n) is 5.40. The van der Waals surface area contributed by atoms with E-state index in [0.29, 0.717) is 12.0 Å². The highest BCUT2D eigenvalue weighted by atomic mass is 16.6. The number of hydrogen-bond acceptors (Lipinski definition) is 4. The summed E-state index contributed by atoms with van der Waals surface area (Å²) in [7, 11) is 1.59. The molecule has 5 nitrogen and oxygen atoms in total. The Morgan fingerprint density at radius 2 is 1.78 bits per heavy atom. The zero-order valence-corrected chi connectivity index (χ0v) is 13.5. The minimum atomic E-state index is -1.66. The van der Waals surface area contributed by atoms with Crippen molar-refractivity contribution in [2.24, 2.45) is 0 Å². The number of fused-ring (bicyclic) bond motifs is 1. The lowest BCUT2D eigenvalue weighted by molar-refractivity contribution is -0.180. The van der Waals surface area contributed by atoms with E-state index in [1.54, 1.807) is 25.3 Å². The summed E-state index contributed by atoms with van der Waals surface area (Å²) in [5, 5.41) is 11.5. The maximum absolute atomic E-state index is 11.9. The number of carboxylic acids is 1. The van der Waals surface area contributed by atoms with Crippen molar-refractivity contribution in [3.8, 4) is 5.75 Å². The minimum absolute atomic E-state index is 0.212. The molecule has 0 aromatic heterocycles. The van der Waals surface area contributed by atoms with E-state index in [-0.39, 0.29) is 6.42 Å². The summed E-state index contributed by atoms with van der Waals surface area (Å²) in [5.41, 5.74) is -1.20. The van der Waals surface area contributed by atoms with Crippen LogP contribution in [0.25, 0.3) is 10.8 Å². The number of ether oxygens (including phenoxy) is 2. The molecule has 2 rings (SSSR count). The van der Waals surface area contributed by atoms with Gasteiger partial charge in [0.1, 0.15) is 5.75 Å². The van der Waals surface area contributed by atoms with Gasteiger partial charge in [-0.3, -0.25) is 4.79 Å². The van der Waals surface area contributed by atoms with E-state index in [4.69, 9.17) is 9.47 Å². The van der Waals surface area contributed by atoms with Crippen LogP contribution < -0.4 is 4.74 Å². The number of rotatable bonds is 6. The Bertz CT molecular complexity index is 737. The van der Waals surface area contributed by atoms with Crippen LogP contribution >= 0.6 is 0 Å². The van der Waals surface area contributed by atoms with Crippen molar-refractivity contribution in [1.29, 1.82) is 0 Å². The molecule has 23 heavy (non-hydrogen) atoms. The molecule has 0 bridgehead atoms. The van der Waals surface area contributed by atoms with Gasteiger partial charge in [0.15, 0.2) is 0 Å². The highest BCUT2D eigenvalue weighted by molar-refractivity contribution is 5.88. The van der Waals surface area contributed by atoms with Crippen molar-refractivity contribution < 1.29 is 24.2 Å². The summed E-state index contributed by atoms with van der Waals surface area (Å²) >= 11 is 0. The number of carbonyl (C=O) groups is 2.